The molecule has 0 radical (unpaired) electrons. The number of benzene rings is 2. The highest BCUT2D eigenvalue weighted by atomic mass is 16.5. The molecule has 7 heteroatoms. The zero-order chi connectivity index (χ0) is 24.9. The third-order valence-electron chi connectivity index (χ3n) is 8.27. The molecule has 0 aliphatic carbocycles. The van der Waals surface area contributed by atoms with Crippen molar-refractivity contribution >= 4 is 17.0 Å². The van der Waals surface area contributed by atoms with Crippen molar-refractivity contribution in [2.45, 2.75) is 31.1 Å². The van der Waals surface area contributed by atoms with Gasteiger partial charge in [0.15, 0.2) is 5.66 Å². The van der Waals surface area contributed by atoms with Gasteiger partial charge in [0.05, 0.1) is 25.2 Å². The van der Waals surface area contributed by atoms with E-state index in [1.165, 1.54) is 0 Å². The van der Waals surface area contributed by atoms with E-state index in [9.17, 15) is 0 Å². The van der Waals surface area contributed by atoms with Crippen molar-refractivity contribution in [3.05, 3.63) is 90.3 Å². The van der Waals surface area contributed by atoms with Crippen LogP contribution in [-0.4, -0.2) is 41.1 Å². The molecule has 5 aliphatic rings. The van der Waals surface area contributed by atoms with Gasteiger partial charge in [0.1, 0.15) is 5.75 Å². The molecule has 6 heterocycles. The molecule has 36 heavy (non-hydrogen) atoms. The predicted molar refractivity (Wildman–Crippen MR) is 142 cm³/mol. The molecular formula is C29H32N6O. The van der Waals surface area contributed by atoms with Crippen LogP contribution in [0.2, 0.25) is 0 Å². The van der Waals surface area contributed by atoms with E-state index in [1.54, 1.807) is 7.11 Å². The molecule has 5 aliphatic heterocycles. The minimum Gasteiger partial charge on any atom is -0.497 e. The minimum atomic E-state index is -1.03. The van der Waals surface area contributed by atoms with Crippen LogP contribution < -0.4 is 10.5 Å². The summed E-state index contributed by atoms with van der Waals surface area (Å²) in [6.07, 6.45) is 5.78. The summed E-state index contributed by atoms with van der Waals surface area (Å²) < 4.78 is 5.53. The summed E-state index contributed by atoms with van der Waals surface area (Å²) >= 11 is 0. The molecular weight excluding hydrogens is 448 g/mol. The second-order valence-corrected chi connectivity index (χ2v) is 10.2. The maximum Gasteiger partial charge on any atom is 0.173 e. The van der Waals surface area contributed by atoms with Crippen molar-refractivity contribution in [2.24, 2.45) is 27.9 Å². The van der Waals surface area contributed by atoms with Crippen LogP contribution in [0.1, 0.15) is 29.5 Å². The van der Waals surface area contributed by atoms with E-state index in [-0.39, 0.29) is 6.04 Å². The van der Waals surface area contributed by atoms with E-state index in [2.05, 4.69) is 47.3 Å². The number of fused-ring (bicyclic) bond motifs is 5. The van der Waals surface area contributed by atoms with Crippen LogP contribution in [0.4, 0.5) is 0 Å². The summed E-state index contributed by atoms with van der Waals surface area (Å²) in [7, 11) is 1.67. The highest BCUT2D eigenvalue weighted by Crippen LogP contribution is 2.48. The standard InChI is InChI=1S/C29H32N6O/c1-4-20-5-7-21(8-6-20)17-35-19(2)25-18-34-14-12-22(25)15-28(34)29(30,32-33-35)26-11-13-31-27-10-9-23(36-3)16-24(26)27/h4-11,13,16,22,25,28H,1-2,12,14-15,17-18,30H2,3H3/b33-32-/t22-,25+,28-,29-/m0/s1. The van der Waals surface area contributed by atoms with E-state index in [4.69, 9.17) is 20.8 Å². The van der Waals surface area contributed by atoms with Crippen LogP contribution in [0, 0.1) is 11.8 Å². The van der Waals surface area contributed by atoms with Crippen molar-refractivity contribution in [1.29, 1.82) is 0 Å². The summed E-state index contributed by atoms with van der Waals surface area (Å²) in [5.41, 5.74) is 11.3. The first-order chi connectivity index (χ1) is 17.5. The van der Waals surface area contributed by atoms with Gasteiger partial charge in [0.25, 0.3) is 0 Å². The Balaban J connectivity index is 1.47. The molecule has 2 N–H and O–H groups in total. The lowest BCUT2D eigenvalue weighted by Crippen LogP contribution is -2.63. The SMILES string of the molecule is C=Cc1ccc(CN2/N=N\[C@@](N)(c3ccnc4ccc(OC)cc34)[C@@H]3C[C@@H]4CCN3C[C@@H]4C2=C)cc1. The molecule has 2 aromatic carbocycles. The zero-order valence-corrected chi connectivity index (χ0v) is 20.7. The van der Waals surface area contributed by atoms with Crippen molar-refractivity contribution in [1.82, 2.24) is 14.9 Å². The molecule has 0 saturated carbocycles. The molecule has 0 spiro atoms. The molecule has 4 bridgehead atoms. The molecule has 0 amide bonds. The third-order valence-corrected chi connectivity index (χ3v) is 8.27. The van der Waals surface area contributed by atoms with Crippen LogP contribution >= 0.6 is 0 Å². The number of methoxy groups -OCH3 is 1. The second kappa shape index (κ2) is 8.84. The first-order valence-electron chi connectivity index (χ1n) is 12.6. The molecule has 1 unspecified atom stereocenters. The Labute approximate surface area is 211 Å². The number of aromatic nitrogens is 1. The van der Waals surface area contributed by atoms with E-state index in [0.29, 0.717) is 18.4 Å². The second-order valence-electron chi connectivity index (χ2n) is 10.2. The van der Waals surface area contributed by atoms with Crippen molar-refractivity contribution < 1.29 is 4.74 Å². The third kappa shape index (κ3) is 3.70. The smallest absolute Gasteiger partial charge is 0.173 e. The number of hydrogen-bond donors (Lipinski definition) is 1. The maximum atomic E-state index is 7.34. The number of rotatable bonds is 5. The summed E-state index contributed by atoms with van der Waals surface area (Å²) in [5.74, 6) is 1.62. The van der Waals surface area contributed by atoms with Gasteiger partial charge in [-0.1, -0.05) is 48.7 Å². The fourth-order valence-corrected chi connectivity index (χ4v) is 6.21. The molecule has 184 valence electrons. The highest BCUT2D eigenvalue weighted by molar-refractivity contribution is 5.84. The van der Waals surface area contributed by atoms with E-state index < -0.39 is 5.66 Å². The molecule has 3 saturated heterocycles. The van der Waals surface area contributed by atoms with E-state index in [0.717, 1.165) is 65.0 Å². The van der Waals surface area contributed by atoms with Gasteiger partial charge < -0.3 is 10.5 Å². The van der Waals surface area contributed by atoms with E-state index >= 15 is 0 Å². The summed E-state index contributed by atoms with van der Waals surface area (Å²) in [6, 6.07) is 16.3. The Morgan fingerprint density at radius 3 is 2.75 bits per heavy atom. The highest BCUT2D eigenvalue weighted by Gasteiger charge is 2.52. The fraction of sp³-hybridized carbons (Fsp3) is 0.345. The van der Waals surface area contributed by atoms with Crippen molar-refractivity contribution in [3.63, 3.8) is 0 Å². The monoisotopic (exact) mass is 480 g/mol. The topological polar surface area (TPSA) is 79.3 Å². The number of piperidine rings is 3. The van der Waals surface area contributed by atoms with Gasteiger partial charge in [-0.25, -0.2) is 5.01 Å². The lowest BCUT2D eigenvalue weighted by Gasteiger charge is -2.53. The van der Waals surface area contributed by atoms with Gasteiger partial charge in [-0.05, 0) is 60.7 Å². The average Bonchev–Trinajstić information content (AvgIpc) is 2.99. The van der Waals surface area contributed by atoms with Crippen LogP contribution in [0.15, 0.2) is 83.9 Å². The summed E-state index contributed by atoms with van der Waals surface area (Å²) in [5, 5.41) is 12.7. The fourth-order valence-electron chi connectivity index (χ4n) is 6.21. The quantitative estimate of drug-likeness (QED) is 0.549. The Morgan fingerprint density at radius 2 is 2.03 bits per heavy atom. The molecule has 1 aromatic heterocycles. The Morgan fingerprint density at radius 1 is 1.19 bits per heavy atom. The number of hydrogen-bond acceptors (Lipinski definition) is 7. The Bertz CT molecular complexity index is 1350. The van der Waals surface area contributed by atoms with Gasteiger partial charge in [-0.2, -0.15) is 0 Å². The zero-order valence-electron chi connectivity index (χ0n) is 20.7. The lowest BCUT2D eigenvalue weighted by atomic mass is 9.70. The first-order valence-corrected chi connectivity index (χ1v) is 12.6. The van der Waals surface area contributed by atoms with Gasteiger partial charge in [-0.3, -0.25) is 9.88 Å². The molecule has 7 nitrogen and oxygen atoms in total. The normalized spacial score (nSPS) is 30.1. The van der Waals surface area contributed by atoms with Gasteiger partial charge in [0.2, 0.25) is 0 Å². The number of pyridine rings is 1. The number of nitrogens with two attached hydrogens (primary N) is 1. The van der Waals surface area contributed by atoms with E-state index in [1.807, 2.05) is 41.5 Å². The van der Waals surface area contributed by atoms with Crippen LogP contribution in [-0.2, 0) is 12.2 Å². The lowest BCUT2D eigenvalue weighted by molar-refractivity contribution is -0.0223. The summed E-state index contributed by atoms with van der Waals surface area (Å²) in [6.45, 7) is 10.9. The Kier molecular flexibility index (Phi) is 5.62. The first kappa shape index (κ1) is 22.9. The average molecular weight is 481 g/mol. The number of ether oxygens (including phenoxy) is 1. The number of nitrogens with zero attached hydrogens (tertiary/aromatic N) is 5. The molecule has 3 aromatic rings. The van der Waals surface area contributed by atoms with Crippen molar-refractivity contribution in [2.75, 3.05) is 20.2 Å². The largest absolute Gasteiger partial charge is 0.497 e. The maximum absolute atomic E-state index is 7.34. The van der Waals surface area contributed by atoms with Crippen LogP contribution in [0.5, 0.6) is 5.75 Å². The van der Waals surface area contributed by atoms with Crippen LogP contribution in [0.25, 0.3) is 17.0 Å². The van der Waals surface area contributed by atoms with Crippen molar-refractivity contribution in [3.8, 4) is 5.75 Å². The Hall–Kier alpha value is -3.55. The predicted octanol–water partition coefficient (Wildman–Crippen LogP) is 5.11. The molecule has 5 atom stereocenters. The van der Waals surface area contributed by atoms with Crippen LogP contribution in [0.3, 0.4) is 0 Å². The molecule has 8 rings (SSSR count). The van der Waals surface area contributed by atoms with Gasteiger partial charge in [-0.15, -0.1) is 5.11 Å². The van der Waals surface area contributed by atoms with Gasteiger partial charge >= 0.3 is 0 Å². The van der Waals surface area contributed by atoms with Gasteiger partial charge in [0, 0.05) is 35.3 Å². The minimum absolute atomic E-state index is 0.0488. The molecule has 3 fully saturated rings. The summed E-state index contributed by atoms with van der Waals surface area (Å²) in [4.78, 5) is 7.08.